The molecule has 0 aromatic rings. The van der Waals surface area contributed by atoms with Gasteiger partial charge >= 0.3 is 0 Å². The summed E-state index contributed by atoms with van der Waals surface area (Å²) in [4.78, 5) is 0. The molecule has 11 heavy (non-hydrogen) atoms. The Bertz CT molecular complexity index is 174. The Morgan fingerprint density at radius 2 is 2.18 bits per heavy atom. The van der Waals surface area contributed by atoms with E-state index in [1.165, 1.54) is 24.8 Å². The molecule has 1 rings (SSSR count). The van der Waals surface area contributed by atoms with Gasteiger partial charge < -0.3 is 0 Å². The number of hydrogen-bond acceptors (Lipinski definition) is 0. The van der Waals surface area contributed by atoms with Crippen LogP contribution in [0.15, 0.2) is 24.8 Å². The highest BCUT2D eigenvalue weighted by molar-refractivity contribution is 5.15. The average Bonchev–Trinajstić information content (AvgIpc) is 1.86. The molecular weight excluding hydrogens is 132 g/mol. The van der Waals surface area contributed by atoms with Crippen molar-refractivity contribution in [1.82, 2.24) is 0 Å². The molecule has 0 aromatic heterocycles. The van der Waals surface area contributed by atoms with E-state index < -0.39 is 0 Å². The van der Waals surface area contributed by atoms with Crippen molar-refractivity contribution in [2.24, 2.45) is 11.3 Å². The summed E-state index contributed by atoms with van der Waals surface area (Å²) in [6.07, 6.45) is 5.86. The molecule has 0 aromatic carbocycles. The molecule has 62 valence electrons. The van der Waals surface area contributed by atoms with E-state index in [1.54, 1.807) is 0 Å². The van der Waals surface area contributed by atoms with Gasteiger partial charge in [0, 0.05) is 5.92 Å². The minimum atomic E-state index is 0.400. The summed E-state index contributed by atoms with van der Waals surface area (Å²) in [7, 11) is 0. The molecule has 0 heterocycles. The Labute approximate surface area is 70.0 Å². The van der Waals surface area contributed by atoms with Gasteiger partial charge in [0.1, 0.15) is 0 Å². The molecule has 0 amide bonds. The average molecular weight is 150 g/mol. The van der Waals surface area contributed by atoms with Crippen LogP contribution in [0.1, 0.15) is 33.1 Å². The summed E-state index contributed by atoms with van der Waals surface area (Å²) in [6.45, 7) is 12.6. The Morgan fingerprint density at radius 3 is 2.55 bits per heavy atom. The first kappa shape index (κ1) is 8.58. The smallest absolute Gasteiger partial charge is 0.00226 e. The summed E-state index contributed by atoms with van der Waals surface area (Å²) in [5.41, 5.74) is 1.77. The monoisotopic (exact) mass is 150 g/mol. The lowest BCUT2D eigenvalue weighted by molar-refractivity contribution is 0.228. The van der Waals surface area contributed by atoms with Crippen LogP contribution in [0.3, 0.4) is 0 Å². The van der Waals surface area contributed by atoms with Gasteiger partial charge in [-0.2, -0.15) is 0 Å². The van der Waals surface area contributed by atoms with Gasteiger partial charge in [0.2, 0.25) is 0 Å². The number of rotatable bonds is 1. The zero-order valence-electron chi connectivity index (χ0n) is 7.69. The molecule has 0 aliphatic heterocycles. The van der Waals surface area contributed by atoms with Gasteiger partial charge in [0.25, 0.3) is 0 Å². The highest BCUT2D eigenvalue weighted by atomic mass is 14.4. The van der Waals surface area contributed by atoms with Gasteiger partial charge in [-0.3, -0.25) is 0 Å². The third kappa shape index (κ3) is 1.55. The van der Waals surface area contributed by atoms with Crippen LogP contribution in [0.25, 0.3) is 0 Å². The fourth-order valence-electron chi connectivity index (χ4n) is 2.12. The molecule has 1 aliphatic carbocycles. The first-order valence-corrected chi connectivity index (χ1v) is 4.38. The quantitative estimate of drug-likeness (QED) is 0.501. The fourth-order valence-corrected chi connectivity index (χ4v) is 2.12. The number of hydrogen-bond donors (Lipinski definition) is 0. The van der Waals surface area contributed by atoms with Gasteiger partial charge in [-0.1, -0.05) is 32.1 Å². The summed E-state index contributed by atoms with van der Waals surface area (Å²) in [5, 5.41) is 0. The van der Waals surface area contributed by atoms with Crippen LogP contribution in [-0.2, 0) is 0 Å². The van der Waals surface area contributed by atoms with Crippen LogP contribution in [0.5, 0.6) is 0 Å². The summed E-state index contributed by atoms with van der Waals surface area (Å²) in [5.74, 6) is 0.538. The molecule has 0 spiro atoms. The van der Waals surface area contributed by atoms with Crippen LogP contribution in [0, 0.1) is 11.3 Å². The van der Waals surface area contributed by atoms with Crippen molar-refractivity contribution in [3.05, 3.63) is 24.8 Å². The van der Waals surface area contributed by atoms with Crippen molar-refractivity contribution in [2.45, 2.75) is 33.1 Å². The zero-order chi connectivity index (χ0) is 8.48. The Morgan fingerprint density at radius 1 is 1.55 bits per heavy atom. The maximum absolute atomic E-state index is 4.09. The van der Waals surface area contributed by atoms with Crippen molar-refractivity contribution in [1.29, 1.82) is 0 Å². The summed E-state index contributed by atoms with van der Waals surface area (Å²) < 4.78 is 0. The molecule has 0 unspecified atom stereocenters. The first-order valence-electron chi connectivity index (χ1n) is 4.38. The lowest BCUT2D eigenvalue weighted by atomic mass is 9.67. The van der Waals surface area contributed by atoms with Crippen LogP contribution in [0.4, 0.5) is 0 Å². The molecule has 0 heteroatoms. The maximum atomic E-state index is 4.09. The van der Waals surface area contributed by atoms with Gasteiger partial charge in [-0.25, -0.2) is 0 Å². The second kappa shape index (κ2) is 2.84. The molecule has 0 radical (unpaired) electrons. The van der Waals surface area contributed by atoms with E-state index >= 15 is 0 Å². The van der Waals surface area contributed by atoms with Crippen molar-refractivity contribution >= 4 is 0 Å². The zero-order valence-corrected chi connectivity index (χ0v) is 7.69. The van der Waals surface area contributed by atoms with E-state index in [1.807, 2.05) is 0 Å². The van der Waals surface area contributed by atoms with Crippen molar-refractivity contribution in [3.63, 3.8) is 0 Å². The molecule has 1 saturated carbocycles. The Balaban J connectivity index is 2.80. The molecule has 0 N–H and O–H groups in total. The lowest BCUT2D eigenvalue weighted by Gasteiger charge is -2.38. The van der Waals surface area contributed by atoms with Crippen LogP contribution < -0.4 is 0 Å². The molecule has 1 aliphatic rings. The predicted molar refractivity (Wildman–Crippen MR) is 50.5 cm³/mol. The lowest BCUT2D eigenvalue weighted by Crippen LogP contribution is -2.27. The van der Waals surface area contributed by atoms with Crippen molar-refractivity contribution in [3.8, 4) is 0 Å². The molecule has 0 nitrogen and oxygen atoms in total. The Hall–Kier alpha value is -0.520. The standard InChI is InChI=1S/C11H18/c1-5-10-9(2)7-6-8-11(10,3)4/h5,10H,1-2,6-8H2,3-4H3/t10-/m1/s1. The largest absolute Gasteiger partial charge is 0.102 e. The van der Waals surface area contributed by atoms with E-state index in [0.717, 1.165) is 0 Å². The predicted octanol–water partition coefficient (Wildman–Crippen LogP) is 3.55. The van der Waals surface area contributed by atoms with Gasteiger partial charge in [-0.05, 0) is 24.7 Å². The van der Waals surface area contributed by atoms with Gasteiger partial charge in [0.15, 0.2) is 0 Å². The van der Waals surface area contributed by atoms with Crippen molar-refractivity contribution in [2.75, 3.05) is 0 Å². The highest BCUT2D eigenvalue weighted by Crippen LogP contribution is 2.43. The highest BCUT2D eigenvalue weighted by Gasteiger charge is 2.31. The molecule has 0 saturated heterocycles. The molecule has 0 bridgehead atoms. The molecular formula is C11H18. The van der Waals surface area contributed by atoms with E-state index in [4.69, 9.17) is 0 Å². The molecule has 1 atom stereocenters. The first-order chi connectivity index (χ1) is 5.08. The maximum Gasteiger partial charge on any atom is 0.00226 e. The third-order valence-electron chi connectivity index (χ3n) is 2.84. The van der Waals surface area contributed by atoms with E-state index in [2.05, 4.69) is 33.1 Å². The SMILES string of the molecule is C=C[C@@H]1C(=C)CCCC1(C)C. The minimum Gasteiger partial charge on any atom is -0.102 e. The Kier molecular flexibility index (Phi) is 2.22. The molecule has 1 fully saturated rings. The summed E-state index contributed by atoms with van der Waals surface area (Å²) in [6, 6.07) is 0. The van der Waals surface area contributed by atoms with Crippen LogP contribution in [0.2, 0.25) is 0 Å². The topological polar surface area (TPSA) is 0 Å². The number of allylic oxidation sites excluding steroid dienone is 2. The van der Waals surface area contributed by atoms with Crippen molar-refractivity contribution < 1.29 is 0 Å². The van der Waals surface area contributed by atoms with E-state index in [9.17, 15) is 0 Å². The van der Waals surface area contributed by atoms with Gasteiger partial charge in [0.05, 0.1) is 0 Å². The fraction of sp³-hybridized carbons (Fsp3) is 0.636. The normalized spacial score (nSPS) is 30.0. The second-order valence-corrected chi connectivity index (χ2v) is 4.21. The minimum absolute atomic E-state index is 0.400. The third-order valence-corrected chi connectivity index (χ3v) is 2.84. The van der Waals surface area contributed by atoms with E-state index in [-0.39, 0.29) is 0 Å². The van der Waals surface area contributed by atoms with Crippen LogP contribution in [-0.4, -0.2) is 0 Å². The second-order valence-electron chi connectivity index (χ2n) is 4.21. The van der Waals surface area contributed by atoms with Crippen LogP contribution >= 0.6 is 0 Å². The van der Waals surface area contributed by atoms with Gasteiger partial charge in [-0.15, -0.1) is 6.58 Å². The summed E-state index contributed by atoms with van der Waals surface area (Å²) >= 11 is 0. The van der Waals surface area contributed by atoms with E-state index in [0.29, 0.717) is 11.3 Å².